The largest absolute Gasteiger partial charge is 0.320 e. The number of imidazole rings is 1. The summed E-state index contributed by atoms with van der Waals surface area (Å²) in [4.78, 5) is 9.95. The molecule has 0 N–H and O–H groups in total. The van der Waals surface area contributed by atoms with Crippen molar-refractivity contribution in [3.63, 3.8) is 0 Å². The van der Waals surface area contributed by atoms with Crippen LogP contribution in [0.1, 0.15) is 36.0 Å². The highest BCUT2D eigenvalue weighted by molar-refractivity contribution is 6.11. The number of rotatable bonds is 3. The summed E-state index contributed by atoms with van der Waals surface area (Å²) in [5.41, 5.74) is 7.88. The Morgan fingerprint density at radius 2 is 1.81 bits per heavy atom. The fourth-order valence-electron chi connectivity index (χ4n) is 6.17. The number of hydrogen-bond acceptors (Lipinski definition) is 2. The van der Waals surface area contributed by atoms with Crippen molar-refractivity contribution in [2.75, 3.05) is 0 Å². The van der Waals surface area contributed by atoms with Crippen molar-refractivity contribution >= 4 is 28.5 Å². The molecule has 3 heteroatoms. The lowest BCUT2D eigenvalue weighted by atomic mass is 9.75. The Labute approximate surface area is 217 Å². The van der Waals surface area contributed by atoms with Crippen molar-refractivity contribution < 1.29 is 0 Å². The molecule has 0 saturated heterocycles. The Morgan fingerprint density at radius 1 is 0.946 bits per heavy atom. The highest BCUT2D eigenvalue weighted by Crippen LogP contribution is 2.42. The third-order valence-corrected chi connectivity index (χ3v) is 8.27. The van der Waals surface area contributed by atoms with Gasteiger partial charge in [-0.15, -0.1) is 0 Å². The van der Waals surface area contributed by atoms with E-state index in [1.165, 1.54) is 27.3 Å². The third kappa shape index (κ3) is 3.49. The van der Waals surface area contributed by atoms with Crippen molar-refractivity contribution in [1.82, 2.24) is 9.55 Å². The molecule has 3 atom stereocenters. The molecule has 3 aromatic carbocycles. The molecule has 0 amide bonds. The fraction of sp³-hybridized carbons (Fsp3) is 0.176. The minimum absolute atomic E-state index is 0.161. The van der Waals surface area contributed by atoms with Crippen LogP contribution in [0.15, 0.2) is 115 Å². The summed E-state index contributed by atoms with van der Waals surface area (Å²) in [6.07, 6.45) is 18.8. The monoisotopic (exact) mass is 479 g/mol. The van der Waals surface area contributed by atoms with E-state index < -0.39 is 0 Å². The van der Waals surface area contributed by atoms with E-state index in [4.69, 9.17) is 9.98 Å². The first-order valence-electron chi connectivity index (χ1n) is 13.1. The molecule has 0 saturated carbocycles. The number of nitrogens with zero attached hydrogens (tertiary/aromatic N) is 3. The van der Waals surface area contributed by atoms with Crippen LogP contribution in [-0.2, 0) is 5.54 Å². The summed E-state index contributed by atoms with van der Waals surface area (Å²) in [7, 11) is 0. The Bertz CT molecular complexity index is 1800. The van der Waals surface area contributed by atoms with Crippen LogP contribution >= 0.6 is 0 Å². The molecule has 180 valence electrons. The number of dihydropyridines is 1. The van der Waals surface area contributed by atoms with Crippen LogP contribution in [0.2, 0.25) is 0 Å². The number of benzene rings is 3. The maximum atomic E-state index is 5.24. The van der Waals surface area contributed by atoms with Crippen LogP contribution in [0.3, 0.4) is 0 Å². The van der Waals surface area contributed by atoms with Crippen LogP contribution in [-0.4, -0.2) is 15.3 Å². The van der Waals surface area contributed by atoms with E-state index >= 15 is 0 Å². The van der Waals surface area contributed by atoms with E-state index in [0.29, 0.717) is 5.92 Å². The van der Waals surface area contributed by atoms with Gasteiger partial charge < -0.3 is 4.57 Å². The minimum atomic E-state index is -0.281. The first-order chi connectivity index (χ1) is 18.1. The first-order valence-corrected chi connectivity index (χ1v) is 13.1. The molecule has 3 aliphatic rings. The lowest BCUT2D eigenvalue weighted by Gasteiger charge is -2.38. The molecule has 37 heavy (non-hydrogen) atoms. The molecular weight excluding hydrogens is 450 g/mol. The SMILES string of the molecule is Cc1ccc(C2=NC3=c4ccccc4=CCC3C=C2)cc1[C@@H]1C=CC=C[C@@]1(C)n1cnc2ccccc21. The minimum Gasteiger partial charge on any atom is -0.320 e. The number of aryl methyl sites for hydroxylation is 1. The van der Waals surface area contributed by atoms with Crippen LogP contribution in [0.25, 0.3) is 22.8 Å². The van der Waals surface area contributed by atoms with E-state index in [1.807, 2.05) is 12.4 Å². The number of hydrogen-bond donors (Lipinski definition) is 0. The molecule has 2 aliphatic carbocycles. The number of aliphatic imine (C=N–C) groups is 1. The number of para-hydroxylation sites is 2. The van der Waals surface area contributed by atoms with Gasteiger partial charge in [-0.3, -0.25) is 4.99 Å². The Kier molecular flexibility index (Phi) is 5.00. The summed E-state index contributed by atoms with van der Waals surface area (Å²) < 4.78 is 2.33. The molecule has 4 aromatic rings. The van der Waals surface area contributed by atoms with Gasteiger partial charge in [0.1, 0.15) is 0 Å². The van der Waals surface area contributed by atoms with E-state index in [-0.39, 0.29) is 11.5 Å². The summed E-state index contributed by atoms with van der Waals surface area (Å²) in [5.74, 6) is 0.515. The smallest absolute Gasteiger partial charge is 0.0966 e. The van der Waals surface area contributed by atoms with Gasteiger partial charge in [-0.2, -0.15) is 0 Å². The van der Waals surface area contributed by atoms with E-state index in [9.17, 15) is 0 Å². The van der Waals surface area contributed by atoms with E-state index in [0.717, 1.165) is 28.7 Å². The summed E-state index contributed by atoms with van der Waals surface area (Å²) in [6, 6.07) is 23.8. The second-order valence-electron chi connectivity index (χ2n) is 10.5. The Balaban J connectivity index is 1.35. The number of fused-ring (bicyclic) bond motifs is 3. The zero-order chi connectivity index (χ0) is 25.0. The highest BCUT2D eigenvalue weighted by atomic mass is 15.1. The average molecular weight is 480 g/mol. The normalized spacial score (nSPS) is 23.9. The van der Waals surface area contributed by atoms with Crippen LogP contribution in [0, 0.1) is 12.8 Å². The molecule has 0 fully saturated rings. The molecule has 1 aromatic heterocycles. The van der Waals surface area contributed by atoms with Crippen LogP contribution in [0.4, 0.5) is 0 Å². The average Bonchev–Trinajstić information content (AvgIpc) is 3.39. The number of allylic oxidation sites excluding steroid dienone is 5. The Morgan fingerprint density at radius 3 is 2.76 bits per heavy atom. The summed E-state index contributed by atoms with van der Waals surface area (Å²) >= 11 is 0. The Hall–Kier alpha value is -4.24. The van der Waals surface area contributed by atoms with Gasteiger partial charge in [-0.1, -0.05) is 85.0 Å². The predicted octanol–water partition coefficient (Wildman–Crippen LogP) is 5.94. The molecule has 0 spiro atoms. The highest BCUT2D eigenvalue weighted by Gasteiger charge is 2.36. The van der Waals surface area contributed by atoms with Gasteiger partial charge in [0, 0.05) is 22.6 Å². The molecular formula is C34H29N3. The molecule has 1 unspecified atom stereocenters. The zero-order valence-corrected chi connectivity index (χ0v) is 21.2. The topological polar surface area (TPSA) is 30.2 Å². The molecule has 7 rings (SSSR count). The van der Waals surface area contributed by atoms with Gasteiger partial charge >= 0.3 is 0 Å². The quantitative estimate of drug-likeness (QED) is 0.358. The third-order valence-electron chi connectivity index (χ3n) is 8.27. The first kappa shape index (κ1) is 22.0. The second kappa shape index (κ2) is 8.41. The van der Waals surface area contributed by atoms with Gasteiger partial charge in [0.2, 0.25) is 0 Å². The lowest BCUT2D eigenvalue weighted by Crippen LogP contribution is -2.35. The predicted molar refractivity (Wildman–Crippen MR) is 153 cm³/mol. The van der Waals surface area contributed by atoms with Crippen molar-refractivity contribution in [3.05, 3.63) is 137 Å². The maximum absolute atomic E-state index is 5.24. The van der Waals surface area contributed by atoms with Gasteiger partial charge in [0.05, 0.1) is 34.3 Å². The van der Waals surface area contributed by atoms with E-state index in [1.54, 1.807) is 0 Å². The lowest BCUT2D eigenvalue weighted by molar-refractivity contribution is 0.374. The van der Waals surface area contributed by atoms with E-state index in [2.05, 4.69) is 122 Å². The molecule has 0 radical (unpaired) electrons. The van der Waals surface area contributed by atoms with Crippen molar-refractivity contribution in [2.45, 2.75) is 31.7 Å². The van der Waals surface area contributed by atoms with Gasteiger partial charge in [0.25, 0.3) is 0 Å². The fourth-order valence-corrected chi connectivity index (χ4v) is 6.17. The number of aromatic nitrogens is 2. The van der Waals surface area contributed by atoms with Gasteiger partial charge in [0.15, 0.2) is 0 Å². The summed E-state index contributed by atoms with van der Waals surface area (Å²) in [6.45, 7) is 4.53. The van der Waals surface area contributed by atoms with Crippen LogP contribution < -0.4 is 10.4 Å². The molecule has 3 nitrogen and oxygen atoms in total. The van der Waals surface area contributed by atoms with Crippen molar-refractivity contribution in [1.29, 1.82) is 0 Å². The summed E-state index contributed by atoms with van der Waals surface area (Å²) in [5, 5.41) is 2.55. The molecule has 2 heterocycles. The van der Waals surface area contributed by atoms with Gasteiger partial charge in [-0.05, 0) is 60.9 Å². The second-order valence-corrected chi connectivity index (χ2v) is 10.5. The van der Waals surface area contributed by atoms with Crippen molar-refractivity contribution in [2.24, 2.45) is 10.9 Å². The zero-order valence-electron chi connectivity index (χ0n) is 21.2. The standard InChI is InChI=1S/C34H29N3/c1-23-14-15-26(30-19-18-25-17-16-24-9-3-4-10-27(24)33(25)36-30)21-28(23)29-11-7-8-20-34(29,2)37-22-35-31-12-5-6-13-32(31)37/h3-16,18-22,25,29H,17H2,1-2H3/t25?,29-,34+/m0/s1. The molecule has 1 aliphatic heterocycles. The van der Waals surface area contributed by atoms with Gasteiger partial charge in [-0.25, -0.2) is 4.98 Å². The van der Waals surface area contributed by atoms with Crippen LogP contribution in [0.5, 0.6) is 0 Å². The molecule has 0 bridgehead atoms. The van der Waals surface area contributed by atoms with Crippen molar-refractivity contribution in [3.8, 4) is 0 Å². The maximum Gasteiger partial charge on any atom is 0.0966 e.